The fourth-order valence-electron chi connectivity index (χ4n) is 2.30. The Hall–Kier alpha value is -1.92. The van der Waals surface area contributed by atoms with Crippen LogP contribution >= 0.6 is 22.9 Å². The predicted octanol–water partition coefficient (Wildman–Crippen LogP) is 3.73. The molecule has 0 radical (unpaired) electrons. The van der Waals surface area contributed by atoms with Gasteiger partial charge in [-0.2, -0.15) is 0 Å². The van der Waals surface area contributed by atoms with E-state index in [1.54, 1.807) is 0 Å². The van der Waals surface area contributed by atoms with Crippen molar-refractivity contribution in [2.75, 3.05) is 13.3 Å². The SMILES string of the molecule is CC(NC(=O)NCCc1ccc2c(c1)OCO2)c1ccc(Cl)s1. The molecule has 2 amide bonds. The fourth-order valence-corrected chi connectivity index (χ4v) is 3.36. The third-order valence-electron chi connectivity index (χ3n) is 3.50. The lowest BCUT2D eigenvalue weighted by atomic mass is 10.1. The first-order valence-electron chi connectivity index (χ1n) is 7.30. The minimum atomic E-state index is -0.192. The lowest BCUT2D eigenvalue weighted by molar-refractivity contribution is 0.174. The second-order valence-electron chi connectivity index (χ2n) is 5.20. The fraction of sp³-hybridized carbons (Fsp3) is 0.312. The summed E-state index contributed by atoms with van der Waals surface area (Å²) in [6, 6.07) is 9.30. The lowest BCUT2D eigenvalue weighted by Gasteiger charge is -2.13. The number of thiophene rings is 1. The summed E-state index contributed by atoms with van der Waals surface area (Å²) < 4.78 is 11.3. The Kier molecular flexibility index (Phi) is 4.93. The number of carbonyl (C=O) groups excluding carboxylic acids is 1. The molecule has 7 heteroatoms. The van der Waals surface area contributed by atoms with Crippen LogP contribution in [0.4, 0.5) is 4.79 Å². The van der Waals surface area contributed by atoms with E-state index in [4.69, 9.17) is 21.1 Å². The van der Waals surface area contributed by atoms with Gasteiger partial charge in [-0.05, 0) is 43.2 Å². The minimum Gasteiger partial charge on any atom is -0.454 e. The molecule has 1 aliphatic heterocycles. The maximum Gasteiger partial charge on any atom is 0.315 e. The first-order valence-corrected chi connectivity index (χ1v) is 8.49. The Balaban J connectivity index is 1.44. The van der Waals surface area contributed by atoms with Crippen LogP contribution in [-0.4, -0.2) is 19.4 Å². The van der Waals surface area contributed by atoms with Gasteiger partial charge in [-0.1, -0.05) is 17.7 Å². The van der Waals surface area contributed by atoms with Gasteiger partial charge in [0, 0.05) is 11.4 Å². The first kappa shape index (κ1) is 16.0. The normalized spacial score (nSPS) is 13.7. The lowest BCUT2D eigenvalue weighted by Crippen LogP contribution is -2.37. The number of benzene rings is 1. The topological polar surface area (TPSA) is 59.6 Å². The molecule has 0 spiro atoms. The van der Waals surface area contributed by atoms with Gasteiger partial charge in [0.15, 0.2) is 11.5 Å². The van der Waals surface area contributed by atoms with Gasteiger partial charge >= 0.3 is 6.03 Å². The highest BCUT2D eigenvalue weighted by atomic mass is 35.5. The predicted molar refractivity (Wildman–Crippen MR) is 90.5 cm³/mol. The summed E-state index contributed by atoms with van der Waals surface area (Å²) >= 11 is 7.37. The van der Waals surface area contributed by atoms with E-state index < -0.39 is 0 Å². The molecule has 1 atom stereocenters. The van der Waals surface area contributed by atoms with E-state index in [1.165, 1.54) is 11.3 Å². The van der Waals surface area contributed by atoms with Crippen LogP contribution < -0.4 is 20.1 Å². The molecule has 122 valence electrons. The summed E-state index contributed by atoms with van der Waals surface area (Å²) in [5.41, 5.74) is 1.09. The number of nitrogens with one attached hydrogen (secondary N) is 2. The van der Waals surface area contributed by atoms with Gasteiger partial charge in [-0.3, -0.25) is 0 Å². The first-order chi connectivity index (χ1) is 11.1. The van der Waals surface area contributed by atoms with Crippen molar-refractivity contribution in [3.63, 3.8) is 0 Å². The van der Waals surface area contributed by atoms with Crippen LogP contribution in [0.1, 0.15) is 23.4 Å². The molecular formula is C16H17ClN2O3S. The number of hydrogen-bond acceptors (Lipinski definition) is 4. The van der Waals surface area contributed by atoms with Gasteiger partial charge in [0.05, 0.1) is 10.4 Å². The molecule has 1 aliphatic rings. The molecule has 3 rings (SSSR count). The number of amides is 2. The number of halogens is 1. The molecule has 0 bridgehead atoms. The standard InChI is InChI=1S/C16H17ClN2O3S/c1-10(14-4-5-15(17)23-14)19-16(20)18-7-6-11-2-3-12-13(8-11)22-9-21-12/h2-5,8,10H,6-7,9H2,1H3,(H2,18,19,20). The molecule has 0 saturated heterocycles. The van der Waals surface area contributed by atoms with Crippen LogP contribution in [0.15, 0.2) is 30.3 Å². The summed E-state index contributed by atoms with van der Waals surface area (Å²) in [5, 5.41) is 5.75. The highest BCUT2D eigenvalue weighted by Gasteiger charge is 2.14. The van der Waals surface area contributed by atoms with Gasteiger partial charge in [0.25, 0.3) is 0 Å². The van der Waals surface area contributed by atoms with Crippen molar-refractivity contribution >= 4 is 29.0 Å². The Morgan fingerprint density at radius 1 is 1.30 bits per heavy atom. The number of hydrogen-bond donors (Lipinski definition) is 2. The van der Waals surface area contributed by atoms with Crippen molar-refractivity contribution in [1.29, 1.82) is 0 Å². The molecule has 5 nitrogen and oxygen atoms in total. The Bertz CT molecular complexity index is 704. The van der Waals surface area contributed by atoms with E-state index in [9.17, 15) is 4.79 Å². The van der Waals surface area contributed by atoms with E-state index in [0.29, 0.717) is 6.54 Å². The second kappa shape index (κ2) is 7.10. The average Bonchev–Trinajstić information content (AvgIpc) is 3.15. The summed E-state index contributed by atoms with van der Waals surface area (Å²) in [5.74, 6) is 1.53. The Morgan fingerprint density at radius 2 is 2.13 bits per heavy atom. The highest BCUT2D eigenvalue weighted by molar-refractivity contribution is 7.16. The van der Waals surface area contributed by atoms with E-state index in [2.05, 4.69) is 10.6 Å². The third-order valence-corrected chi connectivity index (χ3v) is 4.92. The molecule has 2 N–H and O–H groups in total. The van der Waals surface area contributed by atoms with Crippen LogP contribution in [0, 0.1) is 0 Å². The van der Waals surface area contributed by atoms with Crippen LogP contribution in [0.3, 0.4) is 0 Å². The van der Waals surface area contributed by atoms with Crippen molar-refractivity contribution in [3.8, 4) is 11.5 Å². The maximum atomic E-state index is 11.9. The molecule has 1 aromatic heterocycles. The van der Waals surface area contributed by atoms with E-state index in [0.717, 1.165) is 32.7 Å². The monoisotopic (exact) mass is 352 g/mol. The maximum absolute atomic E-state index is 11.9. The molecule has 1 aromatic carbocycles. The zero-order valence-corrected chi connectivity index (χ0v) is 14.2. The molecule has 0 saturated carbocycles. The summed E-state index contributed by atoms with van der Waals surface area (Å²) in [6.45, 7) is 2.74. The molecule has 0 aliphatic carbocycles. The van der Waals surface area contributed by atoms with Gasteiger partial charge in [-0.25, -0.2) is 4.79 Å². The van der Waals surface area contributed by atoms with Gasteiger partial charge in [0.1, 0.15) is 0 Å². The molecule has 2 aromatic rings. The Morgan fingerprint density at radius 3 is 2.91 bits per heavy atom. The van der Waals surface area contributed by atoms with Crippen LogP contribution in [0.2, 0.25) is 4.34 Å². The number of urea groups is 1. The second-order valence-corrected chi connectivity index (χ2v) is 6.95. The quantitative estimate of drug-likeness (QED) is 0.861. The van der Waals surface area contributed by atoms with Crippen molar-refractivity contribution in [3.05, 3.63) is 45.1 Å². The number of carbonyl (C=O) groups is 1. The molecule has 0 fully saturated rings. The molecule has 23 heavy (non-hydrogen) atoms. The minimum absolute atomic E-state index is 0.0713. The van der Waals surface area contributed by atoms with E-state index in [1.807, 2.05) is 37.3 Å². The van der Waals surface area contributed by atoms with Crippen molar-refractivity contribution < 1.29 is 14.3 Å². The number of fused-ring (bicyclic) bond motifs is 1. The van der Waals surface area contributed by atoms with Crippen LogP contribution in [0.5, 0.6) is 11.5 Å². The number of ether oxygens (including phenoxy) is 2. The van der Waals surface area contributed by atoms with Gasteiger partial charge in [0.2, 0.25) is 6.79 Å². The van der Waals surface area contributed by atoms with Crippen LogP contribution in [0.25, 0.3) is 0 Å². The zero-order valence-electron chi connectivity index (χ0n) is 12.6. The summed E-state index contributed by atoms with van der Waals surface area (Å²) in [4.78, 5) is 12.9. The van der Waals surface area contributed by atoms with Gasteiger partial charge < -0.3 is 20.1 Å². The van der Waals surface area contributed by atoms with E-state index in [-0.39, 0.29) is 18.9 Å². The summed E-state index contributed by atoms with van der Waals surface area (Å²) in [7, 11) is 0. The van der Waals surface area contributed by atoms with Gasteiger partial charge in [-0.15, -0.1) is 11.3 Å². The van der Waals surface area contributed by atoms with Crippen LogP contribution in [-0.2, 0) is 6.42 Å². The van der Waals surface area contributed by atoms with Crippen molar-refractivity contribution in [2.24, 2.45) is 0 Å². The molecule has 2 heterocycles. The average molecular weight is 353 g/mol. The highest BCUT2D eigenvalue weighted by Crippen LogP contribution is 2.32. The smallest absolute Gasteiger partial charge is 0.315 e. The third kappa shape index (κ3) is 4.09. The van der Waals surface area contributed by atoms with Crippen molar-refractivity contribution in [1.82, 2.24) is 10.6 Å². The number of rotatable bonds is 5. The van der Waals surface area contributed by atoms with E-state index >= 15 is 0 Å². The van der Waals surface area contributed by atoms with Crippen molar-refractivity contribution in [2.45, 2.75) is 19.4 Å². The zero-order chi connectivity index (χ0) is 16.2. The summed E-state index contributed by atoms with van der Waals surface area (Å²) in [6.07, 6.45) is 0.725. The Labute approximate surface area is 143 Å². The molecular weight excluding hydrogens is 336 g/mol. The molecule has 1 unspecified atom stereocenters. The largest absolute Gasteiger partial charge is 0.454 e.